The predicted molar refractivity (Wildman–Crippen MR) is 134 cm³/mol. The molecule has 0 unspecified atom stereocenters. The van der Waals surface area contributed by atoms with Gasteiger partial charge in [-0.3, -0.25) is 24.6 Å². The summed E-state index contributed by atoms with van der Waals surface area (Å²) >= 11 is 1.20. The number of aliphatic imine (C=N–C) groups is 1. The number of nitro groups is 1. The number of nitro benzene ring substituents is 1. The summed E-state index contributed by atoms with van der Waals surface area (Å²) in [7, 11) is 0. The Hall–Kier alpha value is -3.53. The number of hydrogen-bond acceptors (Lipinski definition) is 6. The van der Waals surface area contributed by atoms with Gasteiger partial charge in [0.2, 0.25) is 11.8 Å². The van der Waals surface area contributed by atoms with Crippen molar-refractivity contribution in [1.82, 2.24) is 4.90 Å². The van der Waals surface area contributed by atoms with E-state index in [0.29, 0.717) is 23.1 Å². The molecule has 0 aromatic heterocycles. The van der Waals surface area contributed by atoms with Gasteiger partial charge in [-0.2, -0.15) is 0 Å². The fourth-order valence-electron chi connectivity index (χ4n) is 4.02. The topological polar surface area (TPSA) is 105 Å². The average molecular weight is 497 g/mol. The maximum Gasteiger partial charge on any atom is 0.271 e. The van der Waals surface area contributed by atoms with Crippen LogP contribution in [0.15, 0.2) is 65.2 Å². The van der Waals surface area contributed by atoms with Crippen molar-refractivity contribution in [2.24, 2.45) is 4.99 Å². The Labute approximate surface area is 206 Å². The lowest BCUT2D eigenvalue weighted by atomic mass is 9.97. The number of halogens is 1. The van der Waals surface area contributed by atoms with Crippen molar-refractivity contribution >= 4 is 45.8 Å². The molecular formula is C25H25FN4O4S. The monoisotopic (exact) mass is 496 g/mol. The molecule has 0 bridgehead atoms. The highest BCUT2D eigenvalue weighted by atomic mass is 32.2. The molecule has 1 atom stereocenters. The van der Waals surface area contributed by atoms with Crippen molar-refractivity contribution in [2.75, 3.05) is 11.9 Å². The number of amidine groups is 1. The average Bonchev–Trinajstić information content (AvgIpc) is 3.13. The van der Waals surface area contributed by atoms with Gasteiger partial charge in [0, 0.05) is 30.8 Å². The zero-order chi connectivity index (χ0) is 24.8. The molecule has 8 nitrogen and oxygen atoms in total. The van der Waals surface area contributed by atoms with E-state index in [9.17, 15) is 24.1 Å². The van der Waals surface area contributed by atoms with Crippen LogP contribution >= 0.6 is 11.8 Å². The highest BCUT2D eigenvalue weighted by Gasteiger charge is 2.39. The number of carbonyl (C=O) groups is 2. The Morgan fingerprint density at radius 3 is 2.74 bits per heavy atom. The molecule has 1 aliphatic heterocycles. The van der Waals surface area contributed by atoms with E-state index in [0.717, 1.165) is 25.7 Å². The maximum atomic E-state index is 13.3. The molecule has 2 aromatic carbocycles. The van der Waals surface area contributed by atoms with E-state index in [4.69, 9.17) is 0 Å². The van der Waals surface area contributed by atoms with E-state index in [1.54, 1.807) is 11.0 Å². The molecule has 2 aromatic rings. The van der Waals surface area contributed by atoms with Crippen LogP contribution in [0.25, 0.3) is 0 Å². The van der Waals surface area contributed by atoms with Crippen LogP contribution in [-0.4, -0.2) is 38.6 Å². The second-order valence-corrected chi connectivity index (χ2v) is 9.55. The van der Waals surface area contributed by atoms with Crippen LogP contribution in [0.4, 0.5) is 21.5 Å². The van der Waals surface area contributed by atoms with Gasteiger partial charge < -0.3 is 5.32 Å². The van der Waals surface area contributed by atoms with Crippen molar-refractivity contribution < 1.29 is 18.9 Å². The summed E-state index contributed by atoms with van der Waals surface area (Å²) in [6.07, 6.45) is 7.27. The summed E-state index contributed by atoms with van der Waals surface area (Å²) in [5, 5.41) is 13.4. The van der Waals surface area contributed by atoms with Gasteiger partial charge in [-0.05, 0) is 62.4 Å². The number of non-ortho nitro benzene ring substituents is 1. The molecule has 0 spiro atoms. The molecule has 10 heteroatoms. The third-order valence-electron chi connectivity index (χ3n) is 5.82. The van der Waals surface area contributed by atoms with Crippen molar-refractivity contribution in [2.45, 2.75) is 43.8 Å². The lowest BCUT2D eigenvalue weighted by molar-refractivity contribution is -0.384. The van der Waals surface area contributed by atoms with Crippen molar-refractivity contribution in [3.8, 4) is 0 Å². The molecule has 1 aliphatic carbocycles. The van der Waals surface area contributed by atoms with Gasteiger partial charge in [-0.15, -0.1) is 0 Å². The Bertz CT molecular complexity index is 1180. The first-order chi connectivity index (χ1) is 16.9. The van der Waals surface area contributed by atoms with Gasteiger partial charge in [0.15, 0.2) is 5.17 Å². The molecular weight excluding hydrogens is 471 g/mol. The van der Waals surface area contributed by atoms with E-state index in [1.807, 2.05) is 0 Å². The number of thioether (sulfide) groups is 1. The number of benzene rings is 2. The van der Waals surface area contributed by atoms with Gasteiger partial charge in [0.05, 0.1) is 10.6 Å². The van der Waals surface area contributed by atoms with Crippen LogP contribution in [0.2, 0.25) is 0 Å². The third-order valence-corrected chi connectivity index (χ3v) is 7.00. The fraction of sp³-hybridized carbons (Fsp3) is 0.320. The molecule has 1 N–H and O–H groups in total. The lowest BCUT2D eigenvalue weighted by Gasteiger charge is -2.19. The summed E-state index contributed by atoms with van der Waals surface area (Å²) in [5.41, 5.74) is 2.00. The molecule has 2 aliphatic rings. The maximum absolute atomic E-state index is 13.3. The zero-order valence-corrected chi connectivity index (χ0v) is 19.8. The molecule has 182 valence electrons. The van der Waals surface area contributed by atoms with Crippen LogP contribution in [0, 0.1) is 15.9 Å². The number of anilines is 1. The van der Waals surface area contributed by atoms with Crippen molar-refractivity contribution in [3.05, 3.63) is 76.1 Å². The van der Waals surface area contributed by atoms with Gasteiger partial charge >= 0.3 is 0 Å². The largest absolute Gasteiger partial charge is 0.326 e. The summed E-state index contributed by atoms with van der Waals surface area (Å²) in [6.45, 7) is 0.459. The van der Waals surface area contributed by atoms with Crippen molar-refractivity contribution in [1.29, 1.82) is 0 Å². The zero-order valence-electron chi connectivity index (χ0n) is 19.0. The smallest absolute Gasteiger partial charge is 0.271 e. The number of nitrogens with one attached hydrogen (secondary N) is 1. The van der Waals surface area contributed by atoms with E-state index < -0.39 is 16.1 Å². The number of nitrogens with zero attached hydrogens (tertiary/aromatic N) is 3. The Balaban J connectivity index is 1.48. The molecule has 0 saturated carbocycles. The van der Waals surface area contributed by atoms with E-state index in [2.05, 4.69) is 16.4 Å². The van der Waals surface area contributed by atoms with Gasteiger partial charge in [0.1, 0.15) is 11.1 Å². The minimum absolute atomic E-state index is 0.103. The molecule has 35 heavy (non-hydrogen) atoms. The Morgan fingerprint density at radius 1 is 1.23 bits per heavy atom. The van der Waals surface area contributed by atoms with Gasteiger partial charge in [-0.1, -0.05) is 29.5 Å². The second kappa shape index (κ2) is 11.3. The van der Waals surface area contributed by atoms with Gasteiger partial charge in [-0.25, -0.2) is 9.38 Å². The molecule has 2 amide bonds. The number of allylic oxidation sites excluding steroid dienone is 1. The molecule has 0 radical (unpaired) electrons. The minimum atomic E-state index is -0.673. The molecule has 1 fully saturated rings. The fourth-order valence-corrected chi connectivity index (χ4v) is 5.21. The quantitative estimate of drug-likeness (QED) is 0.292. The van der Waals surface area contributed by atoms with Crippen LogP contribution in [0.5, 0.6) is 0 Å². The van der Waals surface area contributed by atoms with Crippen molar-refractivity contribution in [3.63, 3.8) is 0 Å². The highest BCUT2D eigenvalue weighted by Crippen LogP contribution is 2.33. The van der Waals surface area contributed by atoms with Crippen LogP contribution in [-0.2, 0) is 9.59 Å². The summed E-state index contributed by atoms with van der Waals surface area (Å²) in [6, 6.07) is 11.3. The third kappa shape index (κ3) is 6.54. The highest BCUT2D eigenvalue weighted by molar-refractivity contribution is 8.15. The predicted octanol–water partition coefficient (Wildman–Crippen LogP) is 5.58. The van der Waals surface area contributed by atoms with E-state index in [-0.39, 0.29) is 23.8 Å². The summed E-state index contributed by atoms with van der Waals surface area (Å²) in [5.74, 6) is -1.00. The van der Waals surface area contributed by atoms with Crippen LogP contribution in [0.1, 0.15) is 38.5 Å². The normalized spacial score (nSPS) is 19.1. The molecule has 1 heterocycles. The number of hydrogen-bond donors (Lipinski definition) is 1. The number of rotatable bonds is 8. The van der Waals surface area contributed by atoms with Crippen LogP contribution < -0.4 is 5.32 Å². The van der Waals surface area contributed by atoms with E-state index >= 15 is 0 Å². The van der Waals surface area contributed by atoms with E-state index in [1.165, 1.54) is 66.2 Å². The Morgan fingerprint density at radius 2 is 2.03 bits per heavy atom. The summed E-state index contributed by atoms with van der Waals surface area (Å²) in [4.78, 5) is 42.5. The second-order valence-electron chi connectivity index (χ2n) is 8.39. The number of carbonyl (C=O) groups excluding carboxylic acids is 2. The minimum Gasteiger partial charge on any atom is -0.326 e. The SMILES string of the molecule is O=C(C[C@H]1SC(=Nc2ccc(F)cc2)N(CCC2=CCCCC2)C1=O)Nc1cccc([N+](=O)[O-])c1. The number of amides is 2. The Kier molecular flexibility index (Phi) is 7.91. The van der Waals surface area contributed by atoms with Gasteiger partial charge in [0.25, 0.3) is 5.69 Å². The first kappa shape index (κ1) is 24.6. The molecule has 4 rings (SSSR count). The lowest BCUT2D eigenvalue weighted by Crippen LogP contribution is -2.34. The standard InChI is InChI=1S/C25H25FN4O4S/c26-18-9-11-19(12-10-18)28-25-29(14-13-17-5-2-1-3-6-17)24(32)22(35-25)16-23(31)27-20-7-4-8-21(15-20)30(33)34/h4-5,7-12,15,22H,1-3,6,13-14,16H2,(H,27,31)/t22-/m1/s1. The van der Waals surface area contributed by atoms with Crippen LogP contribution in [0.3, 0.4) is 0 Å². The summed E-state index contributed by atoms with van der Waals surface area (Å²) < 4.78 is 13.3. The first-order valence-corrected chi connectivity index (χ1v) is 12.3. The first-order valence-electron chi connectivity index (χ1n) is 11.4. The molecule has 1 saturated heterocycles.